The highest BCUT2D eigenvalue weighted by Gasteiger charge is 2.26. The van der Waals surface area contributed by atoms with Crippen LogP contribution in [0.4, 0.5) is 22.7 Å². The third-order valence-electron chi connectivity index (χ3n) is 7.43. The van der Waals surface area contributed by atoms with Crippen LogP contribution in [0.1, 0.15) is 25.0 Å². The summed E-state index contributed by atoms with van der Waals surface area (Å²) in [4.78, 5) is 50.6. The molecule has 4 aromatic carbocycles. The maximum atomic E-state index is 13.0. The smallest absolute Gasteiger partial charge is 0.258 e. The van der Waals surface area contributed by atoms with Crippen molar-refractivity contribution in [3.8, 4) is 22.6 Å². The van der Waals surface area contributed by atoms with Gasteiger partial charge in [-0.15, -0.1) is 0 Å². The largest absolute Gasteiger partial charge is 0.495 e. The summed E-state index contributed by atoms with van der Waals surface area (Å²) in [6.45, 7) is 6.26. The molecule has 0 spiro atoms. The van der Waals surface area contributed by atoms with Crippen LogP contribution < -0.4 is 20.1 Å². The lowest BCUT2D eigenvalue weighted by molar-refractivity contribution is -0.127. The van der Waals surface area contributed by atoms with Gasteiger partial charge in [-0.2, -0.15) is 20.5 Å². The van der Waals surface area contributed by atoms with Gasteiger partial charge in [0.25, 0.3) is 11.8 Å². The van der Waals surface area contributed by atoms with Crippen molar-refractivity contribution in [1.82, 2.24) is 0 Å². The first kappa shape index (κ1) is 38.6. The number of nitrogens with one attached hydrogen (secondary N) is 2. The van der Waals surface area contributed by atoms with E-state index in [0.29, 0.717) is 16.8 Å². The van der Waals surface area contributed by atoms with Crippen molar-refractivity contribution >= 4 is 80.9 Å². The minimum absolute atomic E-state index is 0.182. The van der Waals surface area contributed by atoms with Crippen LogP contribution in [0.25, 0.3) is 11.1 Å². The second-order valence-electron chi connectivity index (χ2n) is 11.3. The quantitative estimate of drug-likeness (QED) is 0.102. The number of carbonyl (C=O) groups excluding carboxylic acids is 4. The lowest BCUT2D eigenvalue weighted by Crippen LogP contribution is -2.32. The molecule has 0 aliphatic carbocycles. The number of Topliss-reactive ketones (excluding diaryl/α,β-unsaturated/α-hetero) is 2. The van der Waals surface area contributed by atoms with Crippen LogP contribution in [0.2, 0.25) is 15.1 Å². The molecule has 0 bridgehead atoms. The molecule has 2 N–H and O–H groups in total. The summed E-state index contributed by atoms with van der Waals surface area (Å²) in [5, 5.41) is 22.1. The Labute approximate surface area is 309 Å². The molecule has 0 heterocycles. The number of rotatable bonds is 13. The zero-order valence-electron chi connectivity index (χ0n) is 28.4. The van der Waals surface area contributed by atoms with E-state index in [4.69, 9.17) is 44.3 Å². The van der Waals surface area contributed by atoms with Gasteiger partial charge in [0.2, 0.25) is 12.1 Å². The third-order valence-corrected chi connectivity index (χ3v) is 8.33. The minimum Gasteiger partial charge on any atom is -0.495 e. The normalized spacial score (nSPS) is 12.4. The van der Waals surface area contributed by atoms with E-state index < -0.39 is 35.5 Å². The predicted molar refractivity (Wildman–Crippen MR) is 198 cm³/mol. The van der Waals surface area contributed by atoms with Gasteiger partial charge >= 0.3 is 0 Å². The maximum Gasteiger partial charge on any atom is 0.258 e. The summed E-state index contributed by atoms with van der Waals surface area (Å²) >= 11 is 19.2. The van der Waals surface area contributed by atoms with Crippen LogP contribution in [0.5, 0.6) is 11.5 Å². The number of amides is 2. The Balaban J connectivity index is 1.48. The van der Waals surface area contributed by atoms with Gasteiger partial charge in [-0.05, 0) is 74.7 Å². The van der Waals surface area contributed by atoms with Crippen molar-refractivity contribution in [3.63, 3.8) is 0 Å². The molecule has 0 aliphatic heterocycles. The van der Waals surface area contributed by atoms with Crippen molar-refractivity contribution in [2.24, 2.45) is 20.5 Å². The SMILES string of the molecule is COc1cc(NC(=O)[C@H](N=Nc2ccc(-c3ccc(N=N[C@@H](C(C)=O)C(=O)Nc4ccc(C)cc4C)c(Cl)c3)cc2Cl)C(C)=O)c(OC)cc1Cl. The number of halogens is 3. The summed E-state index contributed by atoms with van der Waals surface area (Å²) in [5.41, 5.74) is 4.43. The lowest BCUT2D eigenvalue weighted by atomic mass is 10.0. The molecule has 0 aliphatic rings. The zero-order chi connectivity index (χ0) is 37.4. The molecule has 15 heteroatoms. The van der Waals surface area contributed by atoms with Crippen LogP contribution in [0.15, 0.2) is 87.2 Å². The number of carbonyl (C=O) groups is 4. The van der Waals surface area contributed by atoms with Gasteiger partial charge < -0.3 is 20.1 Å². The van der Waals surface area contributed by atoms with Crippen LogP contribution >= 0.6 is 34.8 Å². The molecular formula is C36H33Cl3N6O6. The fourth-order valence-electron chi connectivity index (χ4n) is 4.73. The van der Waals surface area contributed by atoms with Gasteiger partial charge in [0.15, 0.2) is 11.6 Å². The average molecular weight is 752 g/mol. The summed E-state index contributed by atoms with van der Waals surface area (Å²) in [6.07, 6.45) is 0. The fraction of sp³-hybridized carbons (Fsp3) is 0.222. The first-order valence-electron chi connectivity index (χ1n) is 15.2. The number of benzene rings is 4. The van der Waals surface area contributed by atoms with Gasteiger partial charge in [-0.3, -0.25) is 19.2 Å². The summed E-state index contributed by atoms with van der Waals surface area (Å²) < 4.78 is 10.5. The number of nitrogens with zero attached hydrogens (tertiary/aromatic N) is 4. The van der Waals surface area contributed by atoms with E-state index in [9.17, 15) is 19.2 Å². The molecule has 0 radical (unpaired) electrons. The second-order valence-corrected chi connectivity index (χ2v) is 12.5. The standard InChI is InChI=1S/C36H33Cl3N6O6/c1-18-7-10-27(19(2)13-18)40-35(48)33(20(3)46)44-42-28-11-8-22(14-24(28)37)23-9-12-29(25(38)15-23)43-45-34(21(4)47)36(49)41-30-17-31(50-5)26(39)16-32(30)51-6/h7-17,33-34H,1-6H3,(H,40,48)(H,41,49)/t33-,34+/m0/s1. The first-order valence-corrected chi connectivity index (χ1v) is 16.4. The van der Waals surface area contributed by atoms with Crippen molar-refractivity contribution in [2.45, 2.75) is 39.8 Å². The Hall–Kier alpha value is -5.17. The average Bonchev–Trinajstić information content (AvgIpc) is 3.07. The third kappa shape index (κ3) is 9.75. The molecule has 4 rings (SSSR count). The Morgan fingerprint density at radius 2 is 1.10 bits per heavy atom. The lowest BCUT2D eigenvalue weighted by Gasteiger charge is -2.14. The number of aryl methyl sites for hydroxylation is 2. The molecule has 0 aromatic heterocycles. The molecule has 2 atom stereocenters. The Morgan fingerprint density at radius 3 is 1.53 bits per heavy atom. The van der Waals surface area contributed by atoms with Crippen molar-refractivity contribution in [1.29, 1.82) is 0 Å². The number of azo groups is 2. The molecule has 4 aromatic rings. The molecule has 51 heavy (non-hydrogen) atoms. The number of ether oxygens (including phenoxy) is 2. The molecule has 12 nitrogen and oxygen atoms in total. The van der Waals surface area contributed by atoms with Gasteiger partial charge in [-0.1, -0.05) is 64.6 Å². The molecular weight excluding hydrogens is 719 g/mol. The van der Waals surface area contributed by atoms with Crippen molar-refractivity contribution in [2.75, 3.05) is 24.9 Å². The highest BCUT2D eigenvalue weighted by molar-refractivity contribution is 6.34. The van der Waals surface area contributed by atoms with E-state index in [1.807, 2.05) is 26.0 Å². The number of ketones is 2. The summed E-state index contributed by atoms with van der Waals surface area (Å²) in [6, 6.07) is 15.4. The predicted octanol–water partition coefficient (Wildman–Crippen LogP) is 9.31. The van der Waals surface area contributed by atoms with Crippen LogP contribution in [-0.2, 0) is 19.2 Å². The Kier molecular flexibility index (Phi) is 13.0. The second kappa shape index (κ2) is 17.2. The Morgan fingerprint density at radius 1 is 0.608 bits per heavy atom. The van der Waals surface area contributed by atoms with E-state index in [2.05, 4.69) is 31.1 Å². The van der Waals surface area contributed by atoms with E-state index in [-0.39, 0.29) is 43.6 Å². The molecule has 0 saturated carbocycles. The molecule has 264 valence electrons. The van der Waals surface area contributed by atoms with Gasteiger partial charge in [0.05, 0.1) is 35.0 Å². The summed E-state index contributed by atoms with van der Waals surface area (Å²) in [5.74, 6) is -1.89. The maximum absolute atomic E-state index is 13.0. The van der Waals surface area contributed by atoms with E-state index >= 15 is 0 Å². The highest BCUT2D eigenvalue weighted by Crippen LogP contribution is 2.37. The van der Waals surface area contributed by atoms with Crippen molar-refractivity contribution in [3.05, 3.63) is 92.9 Å². The van der Waals surface area contributed by atoms with E-state index in [1.165, 1.54) is 40.2 Å². The van der Waals surface area contributed by atoms with Crippen molar-refractivity contribution < 1.29 is 28.7 Å². The van der Waals surface area contributed by atoms with Gasteiger partial charge in [-0.25, -0.2) is 0 Å². The van der Waals surface area contributed by atoms with Crippen LogP contribution in [0.3, 0.4) is 0 Å². The first-order chi connectivity index (χ1) is 24.2. The zero-order valence-corrected chi connectivity index (χ0v) is 30.6. The molecule has 0 unspecified atom stereocenters. The van der Waals surface area contributed by atoms with E-state index in [1.54, 1.807) is 42.5 Å². The number of methoxy groups -OCH3 is 2. The van der Waals surface area contributed by atoms with Crippen LogP contribution in [-0.4, -0.2) is 49.7 Å². The topological polar surface area (TPSA) is 160 Å². The molecule has 0 fully saturated rings. The molecule has 2 amide bonds. The fourth-order valence-corrected chi connectivity index (χ4v) is 5.39. The highest BCUT2D eigenvalue weighted by atomic mass is 35.5. The minimum atomic E-state index is -1.49. The monoisotopic (exact) mass is 750 g/mol. The molecule has 0 saturated heterocycles. The van der Waals surface area contributed by atoms with E-state index in [0.717, 1.165) is 11.1 Å². The van der Waals surface area contributed by atoms with Gasteiger partial charge in [0.1, 0.15) is 22.9 Å². The number of hydrogen-bond donors (Lipinski definition) is 2. The van der Waals surface area contributed by atoms with Gasteiger partial charge in [0, 0.05) is 17.8 Å². The van der Waals surface area contributed by atoms with Crippen LogP contribution in [0, 0.1) is 13.8 Å². The Bertz CT molecular complexity index is 2070. The number of anilines is 2. The number of hydrogen-bond acceptors (Lipinski definition) is 10. The summed E-state index contributed by atoms with van der Waals surface area (Å²) in [7, 11) is 2.82.